The van der Waals surface area contributed by atoms with E-state index in [-0.39, 0.29) is 24.5 Å². The zero-order valence-corrected chi connectivity index (χ0v) is 24.1. The molecule has 0 aliphatic carbocycles. The molecule has 206 valence electrons. The number of nitrogens with one attached hydrogen (secondary N) is 1. The van der Waals surface area contributed by atoms with Crippen LogP contribution in [0.3, 0.4) is 0 Å². The molecule has 3 aromatic rings. The molecule has 0 spiro atoms. The van der Waals surface area contributed by atoms with E-state index in [4.69, 9.17) is 37.7 Å². The van der Waals surface area contributed by atoms with E-state index in [1.54, 1.807) is 7.11 Å². The molecule has 5 rings (SSSR count). The first-order chi connectivity index (χ1) is 18.5. The molecule has 7 nitrogen and oxygen atoms in total. The average molecular weight is 590 g/mol. The van der Waals surface area contributed by atoms with Crippen molar-refractivity contribution in [2.45, 2.75) is 19.0 Å². The summed E-state index contributed by atoms with van der Waals surface area (Å²) in [5.74, 6) is 1.83. The molecule has 0 radical (unpaired) electrons. The molecule has 1 saturated heterocycles. The summed E-state index contributed by atoms with van der Waals surface area (Å²) in [4.78, 5) is 23.2. The highest BCUT2D eigenvalue weighted by Gasteiger charge is 2.44. The van der Waals surface area contributed by atoms with Crippen molar-refractivity contribution in [2.24, 2.45) is 4.99 Å². The Morgan fingerprint density at radius 1 is 0.974 bits per heavy atom. The van der Waals surface area contributed by atoms with E-state index < -0.39 is 6.04 Å². The minimum Gasteiger partial charge on any atom is -0.497 e. The summed E-state index contributed by atoms with van der Waals surface area (Å²) < 4.78 is 11.5. The van der Waals surface area contributed by atoms with Gasteiger partial charge in [0.05, 0.1) is 25.3 Å². The second-order valence-electron chi connectivity index (χ2n) is 9.13. The van der Waals surface area contributed by atoms with Crippen LogP contribution in [-0.4, -0.2) is 61.6 Å². The fourth-order valence-corrected chi connectivity index (χ4v) is 5.20. The lowest BCUT2D eigenvalue weighted by Crippen LogP contribution is -2.53. The largest absolute Gasteiger partial charge is 0.497 e. The molecular weight excluding hydrogens is 559 g/mol. The summed E-state index contributed by atoms with van der Waals surface area (Å²) in [5.41, 5.74) is 2.61. The monoisotopic (exact) mass is 588 g/mol. The van der Waals surface area contributed by atoms with Gasteiger partial charge >= 0.3 is 6.03 Å². The fraction of sp³-hybridized carbons (Fsp3) is 0.310. The number of halogens is 3. The number of carbonyl (C=O) groups is 1. The number of amidine groups is 1. The van der Waals surface area contributed by atoms with Crippen LogP contribution in [0.25, 0.3) is 0 Å². The quantitative estimate of drug-likeness (QED) is 0.362. The van der Waals surface area contributed by atoms with Gasteiger partial charge in [-0.05, 0) is 54.4 Å². The van der Waals surface area contributed by atoms with Gasteiger partial charge in [-0.25, -0.2) is 4.79 Å². The Morgan fingerprint density at radius 2 is 1.59 bits per heavy atom. The van der Waals surface area contributed by atoms with Crippen LogP contribution >= 0.6 is 35.6 Å². The Bertz CT molecular complexity index is 1310. The second-order valence-corrected chi connectivity index (χ2v) is 10.0. The van der Waals surface area contributed by atoms with E-state index in [9.17, 15) is 4.79 Å². The van der Waals surface area contributed by atoms with Gasteiger partial charge in [0.25, 0.3) is 0 Å². The van der Waals surface area contributed by atoms with Crippen LogP contribution < -0.4 is 14.8 Å². The van der Waals surface area contributed by atoms with E-state index in [1.807, 2.05) is 83.5 Å². The van der Waals surface area contributed by atoms with Crippen molar-refractivity contribution < 1.29 is 14.3 Å². The van der Waals surface area contributed by atoms with Crippen molar-refractivity contribution in [3.05, 3.63) is 93.5 Å². The zero-order chi connectivity index (χ0) is 26.6. The van der Waals surface area contributed by atoms with Crippen molar-refractivity contribution in [3.8, 4) is 11.5 Å². The van der Waals surface area contributed by atoms with E-state index in [0.717, 1.165) is 29.8 Å². The van der Waals surface area contributed by atoms with Crippen LogP contribution in [0.5, 0.6) is 11.5 Å². The molecule has 1 fully saturated rings. The van der Waals surface area contributed by atoms with Crippen LogP contribution in [0.15, 0.2) is 71.7 Å². The first-order valence-corrected chi connectivity index (χ1v) is 13.4. The number of rotatable bonds is 6. The Balaban J connectivity index is 0.00000353. The van der Waals surface area contributed by atoms with Gasteiger partial charge in [-0.1, -0.05) is 47.5 Å². The number of urea groups is 1. The maximum atomic E-state index is 14.3. The highest BCUT2D eigenvalue weighted by atomic mass is 35.5. The first kappa shape index (κ1) is 29.0. The molecule has 1 N–H and O–H groups in total. The molecule has 10 heteroatoms. The van der Waals surface area contributed by atoms with Crippen LogP contribution in [0.2, 0.25) is 10.0 Å². The Hall–Kier alpha value is -2.97. The third kappa shape index (κ3) is 6.12. The highest BCUT2D eigenvalue weighted by Crippen LogP contribution is 2.45. The number of ether oxygens (including phenoxy) is 2. The molecule has 0 unspecified atom stereocenters. The minimum atomic E-state index is -0.401. The van der Waals surface area contributed by atoms with Gasteiger partial charge in [0.1, 0.15) is 23.4 Å². The SMILES string of the molecule is CCOc1cc(OC)ccc1C1=N[C@H](c2ccc(Cl)cc2)[C@H](c2ccc(Cl)cc2)N1C(=O)N1CCNCC1.Cl. The van der Waals surface area contributed by atoms with E-state index in [1.165, 1.54) is 0 Å². The van der Waals surface area contributed by atoms with E-state index in [2.05, 4.69) is 5.32 Å². The van der Waals surface area contributed by atoms with Gasteiger partial charge in [-0.2, -0.15) is 0 Å². The summed E-state index contributed by atoms with van der Waals surface area (Å²) in [6.45, 7) is 5.10. The smallest absolute Gasteiger partial charge is 0.326 e. The normalized spacial score (nSPS) is 18.8. The van der Waals surface area contributed by atoms with Crippen molar-refractivity contribution in [2.75, 3.05) is 39.9 Å². The summed E-state index contributed by atoms with van der Waals surface area (Å²) in [7, 11) is 1.62. The molecule has 2 amide bonds. The fourth-order valence-electron chi connectivity index (χ4n) is 4.95. The number of nitrogens with zero attached hydrogens (tertiary/aromatic N) is 3. The van der Waals surface area contributed by atoms with Gasteiger partial charge in [-0.3, -0.25) is 9.89 Å². The second kappa shape index (κ2) is 12.9. The van der Waals surface area contributed by atoms with Gasteiger partial charge in [0, 0.05) is 42.3 Å². The number of methoxy groups -OCH3 is 1. The number of amides is 2. The van der Waals surface area contributed by atoms with Gasteiger partial charge in [0.15, 0.2) is 0 Å². The number of aliphatic imine (C=N–C) groups is 1. The van der Waals surface area contributed by atoms with Crippen LogP contribution in [0.1, 0.15) is 35.7 Å². The maximum Gasteiger partial charge on any atom is 0.326 e. The molecule has 2 atom stereocenters. The zero-order valence-electron chi connectivity index (χ0n) is 21.8. The molecular formula is C29H31Cl3N4O3. The molecule has 0 bridgehead atoms. The summed E-state index contributed by atoms with van der Waals surface area (Å²) in [6, 6.07) is 20.0. The number of hydrogen-bond donors (Lipinski definition) is 1. The van der Waals surface area contributed by atoms with Crippen molar-refractivity contribution in [1.29, 1.82) is 0 Å². The predicted octanol–water partition coefficient (Wildman–Crippen LogP) is 6.39. The molecule has 0 aromatic heterocycles. The number of hydrogen-bond acceptors (Lipinski definition) is 5. The summed E-state index contributed by atoms with van der Waals surface area (Å²) >= 11 is 12.5. The average Bonchev–Trinajstić information content (AvgIpc) is 3.34. The van der Waals surface area contributed by atoms with Crippen molar-refractivity contribution >= 4 is 47.5 Å². The lowest BCUT2D eigenvalue weighted by Gasteiger charge is -2.36. The van der Waals surface area contributed by atoms with Gasteiger partial charge in [-0.15, -0.1) is 12.4 Å². The van der Waals surface area contributed by atoms with Crippen LogP contribution in [0, 0.1) is 0 Å². The van der Waals surface area contributed by atoms with Crippen LogP contribution in [-0.2, 0) is 0 Å². The molecule has 3 aromatic carbocycles. The number of carbonyl (C=O) groups excluding carboxylic acids is 1. The Kier molecular flexibility index (Phi) is 9.62. The summed E-state index contributed by atoms with van der Waals surface area (Å²) in [6.07, 6.45) is 0. The van der Waals surface area contributed by atoms with E-state index >= 15 is 0 Å². The standard InChI is InChI=1S/C29H30Cl2N4O3.ClH/c1-3-38-25-18-23(37-2)12-13-24(25)28-33-26(19-4-8-21(30)9-5-19)27(20-6-10-22(31)11-7-20)35(28)29(36)34-16-14-32-15-17-34;/h4-13,18,26-27,32H,3,14-17H2,1-2H3;1H/t26-,27+;/m1./s1. The molecule has 0 saturated carbocycles. The van der Waals surface area contributed by atoms with Gasteiger partial charge < -0.3 is 19.7 Å². The Morgan fingerprint density at radius 3 is 2.18 bits per heavy atom. The maximum absolute atomic E-state index is 14.3. The van der Waals surface area contributed by atoms with Crippen molar-refractivity contribution in [3.63, 3.8) is 0 Å². The molecule has 2 aliphatic heterocycles. The number of benzene rings is 3. The van der Waals surface area contributed by atoms with Crippen LogP contribution in [0.4, 0.5) is 4.79 Å². The molecule has 2 aliphatic rings. The van der Waals surface area contributed by atoms with E-state index in [0.29, 0.717) is 47.1 Å². The molecule has 39 heavy (non-hydrogen) atoms. The molecule has 2 heterocycles. The summed E-state index contributed by atoms with van der Waals surface area (Å²) in [5, 5.41) is 4.60. The lowest BCUT2D eigenvalue weighted by atomic mass is 9.93. The first-order valence-electron chi connectivity index (χ1n) is 12.7. The lowest BCUT2D eigenvalue weighted by molar-refractivity contribution is 0.157. The van der Waals surface area contributed by atoms with Gasteiger partial charge in [0.2, 0.25) is 0 Å². The highest BCUT2D eigenvalue weighted by molar-refractivity contribution is 6.30. The topological polar surface area (TPSA) is 66.4 Å². The third-order valence-corrected chi connectivity index (χ3v) is 7.32. The number of piperazine rings is 1. The predicted molar refractivity (Wildman–Crippen MR) is 158 cm³/mol. The van der Waals surface area contributed by atoms with Crippen molar-refractivity contribution in [1.82, 2.24) is 15.1 Å². The third-order valence-electron chi connectivity index (χ3n) is 6.81. The Labute approximate surface area is 245 Å². The minimum absolute atomic E-state index is 0.